The summed E-state index contributed by atoms with van der Waals surface area (Å²) in [6, 6.07) is 0.401. The number of carbonyl (C=O) groups excluding carboxylic acids is 3. The summed E-state index contributed by atoms with van der Waals surface area (Å²) >= 11 is 3.25. The highest BCUT2D eigenvalue weighted by atomic mass is 32.1. The number of aromatic nitrogens is 2. The molecule has 2 aliphatic rings. The first-order valence-corrected chi connectivity index (χ1v) is 15.0. The zero-order chi connectivity index (χ0) is 28.4. The number of hydrogen-bond acceptors (Lipinski definition) is 11. The SMILES string of the molecule is C.COC(=O)CCc1cnc([C@@H]2CCCN2)s1.COC(=O)CCc1cnc([C@@H]2CCCN2C(=O)OC(C)(C)C)s1. The van der Waals surface area contributed by atoms with E-state index in [1.807, 2.05) is 27.0 Å². The zero-order valence-electron chi connectivity index (χ0n) is 23.5. The Morgan fingerprint density at radius 2 is 1.52 bits per heavy atom. The third kappa shape index (κ3) is 10.4. The number of hydrogen-bond donors (Lipinski definition) is 1. The monoisotopic (exact) mass is 596 g/mol. The first-order valence-electron chi connectivity index (χ1n) is 13.4. The number of nitrogens with zero attached hydrogens (tertiary/aromatic N) is 3. The van der Waals surface area contributed by atoms with Crippen molar-refractivity contribution in [1.82, 2.24) is 20.2 Å². The lowest BCUT2D eigenvalue weighted by atomic mass is 10.2. The Kier molecular flexibility index (Phi) is 13.5. The van der Waals surface area contributed by atoms with E-state index in [0.29, 0.717) is 31.8 Å². The van der Waals surface area contributed by atoms with Gasteiger partial charge in [0.25, 0.3) is 0 Å². The summed E-state index contributed by atoms with van der Waals surface area (Å²) in [5.41, 5.74) is -0.501. The van der Waals surface area contributed by atoms with E-state index in [1.165, 1.54) is 27.1 Å². The van der Waals surface area contributed by atoms with Crippen LogP contribution in [0.25, 0.3) is 0 Å². The van der Waals surface area contributed by atoms with Gasteiger partial charge in [-0.1, -0.05) is 7.43 Å². The van der Waals surface area contributed by atoms with Gasteiger partial charge in [-0.15, -0.1) is 22.7 Å². The lowest BCUT2D eigenvalue weighted by Crippen LogP contribution is -2.36. The van der Waals surface area contributed by atoms with E-state index in [1.54, 1.807) is 33.8 Å². The van der Waals surface area contributed by atoms with Crippen molar-refractivity contribution in [2.24, 2.45) is 0 Å². The molecule has 2 aliphatic heterocycles. The number of thiazole rings is 2. The van der Waals surface area contributed by atoms with E-state index in [-0.39, 0.29) is 31.5 Å². The summed E-state index contributed by atoms with van der Waals surface area (Å²) in [6.45, 7) is 7.37. The zero-order valence-corrected chi connectivity index (χ0v) is 25.1. The van der Waals surface area contributed by atoms with Gasteiger partial charge in [0.05, 0.1) is 39.1 Å². The second kappa shape index (κ2) is 16.0. The number of likely N-dealkylation sites (tertiary alicyclic amines) is 1. The minimum atomic E-state index is -0.501. The fourth-order valence-electron chi connectivity index (χ4n) is 4.30. The highest BCUT2D eigenvalue weighted by Crippen LogP contribution is 2.35. The maximum atomic E-state index is 12.3. The quantitative estimate of drug-likeness (QED) is 0.305. The molecule has 10 nitrogen and oxygen atoms in total. The van der Waals surface area contributed by atoms with Crippen LogP contribution in [0, 0.1) is 0 Å². The average Bonchev–Trinajstić information content (AvgIpc) is 3.71. The Bertz CT molecular complexity index is 1090. The molecule has 1 N–H and O–H groups in total. The topological polar surface area (TPSA) is 120 Å². The molecule has 1 amide bonds. The summed E-state index contributed by atoms with van der Waals surface area (Å²) in [5.74, 6) is -0.384. The molecule has 0 radical (unpaired) electrons. The molecule has 4 rings (SSSR count). The molecule has 4 heterocycles. The highest BCUT2D eigenvalue weighted by Gasteiger charge is 2.34. The van der Waals surface area contributed by atoms with Crippen molar-refractivity contribution >= 4 is 40.7 Å². The molecule has 0 unspecified atom stereocenters. The second-order valence-electron chi connectivity index (χ2n) is 10.5. The Morgan fingerprint density at radius 3 is 2.05 bits per heavy atom. The Hall–Kier alpha value is -2.57. The summed E-state index contributed by atoms with van der Waals surface area (Å²) in [6.07, 6.45) is 9.74. The van der Waals surface area contributed by atoms with Gasteiger partial charge in [-0.2, -0.15) is 0 Å². The molecule has 0 aromatic carbocycles. The molecule has 2 fully saturated rings. The van der Waals surface area contributed by atoms with E-state index >= 15 is 0 Å². The van der Waals surface area contributed by atoms with Crippen LogP contribution in [0.3, 0.4) is 0 Å². The number of nitrogens with one attached hydrogen (secondary N) is 1. The predicted octanol–water partition coefficient (Wildman–Crippen LogP) is 5.63. The summed E-state index contributed by atoms with van der Waals surface area (Å²) in [5, 5.41) is 5.48. The van der Waals surface area contributed by atoms with Gasteiger partial charge in [0.15, 0.2) is 0 Å². The number of ether oxygens (including phenoxy) is 3. The van der Waals surface area contributed by atoms with Crippen LogP contribution in [0.15, 0.2) is 12.4 Å². The van der Waals surface area contributed by atoms with E-state index in [9.17, 15) is 14.4 Å². The maximum Gasteiger partial charge on any atom is 0.410 e. The van der Waals surface area contributed by atoms with Crippen LogP contribution in [0.2, 0.25) is 0 Å². The fraction of sp³-hybridized carbons (Fsp3) is 0.679. The van der Waals surface area contributed by atoms with Crippen LogP contribution >= 0.6 is 22.7 Å². The minimum absolute atomic E-state index is 0. The molecule has 2 atom stereocenters. The summed E-state index contributed by atoms with van der Waals surface area (Å²) in [4.78, 5) is 47.3. The molecule has 12 heteroatoms. The Balaban J connectivity index is 0.000000290. The molecule has 2 aromatic rings. The fourth-order valence-corrected chi connectivity index (χ4v) is 6.40. The van der Waals surface area contributed by atoms with Gasteiger partial charge >= 0.3 is 18.0 Å². The van der Waals surface area contributed by atoms with Crippen LogP contribution in [0.1, 0.15) is 98.6 Å². The standard InChI is InChI=1S/C16H24N2O4S.C11H16N2O2S.CH4/c1-16(2,3)22-15(20)18-9-5-6-12(18)14-17-10-11(23-14)7-8-13(19)21-4;1-15-10(14)5-4-8-7-13-11(16-8)9-3-2-6-12-9;/h10,12H,5-9H2,1-4H3;7,9,12H,2-6H2,1H3;1H4/t12-;9-;/m00./s1. The van der Waals surface area contributed by atoms with Gasteiger partial charge in [-0.25, -0.2) is 14.8 Å². The number of carbonyl (C=O) groups is 3. The molecule has 0 saturated carbocycles. The van der Waals surface area contributed by atoms with Crippen molar-refractivity contribution < 1.29 is 28.6 Å². The van der Waals surface area contributed by atoms with Crippen molar-refractivity contribution in [1.29, 1.82) is 0 Å². The van der Waals surface area contributed by atoms with Crippen molar-refractivity contribution in [2.75, 3.05) is 27.3 Å². The lowest BCUT2D eigenvalue weighted by Gasteiger charge is -2.27. The van der Waals surface area contributed by atoms with E-state index in [0.717, 1.165) is 45.6 Å². The smallest absolute Gasteiger partial charge is 0.410 e. The number of rotatable bonds is 8. The number of aryl methyl sites for hydroxylation is 2. The van der Waals surface area contributed by atoms with Crippen molar-refractivity contribution in [3.05, 3.63) is 32.2 Å². The molecule has 2 saturated heterocycles. The maximum absolute atomic E-state index is 12.3. The molecule has 40 heavy (non-hydrogen) atoms. The van der Waals surface area contributed by atoms with Crippen LogP contribution < -0.4 is 5.32 Å². The Morgan fingerprint density at radius 1 is 0.950 bits per heavy atom. The van der Waals surface area contributed by atoms with Crippen molar-refractivity contribution in [3.63, 3.8) is 0 Å². The van der Waals surface area contributed by atoms with Gasteiger partial charge in [0.1, 0.15) is 15.6 Å². The van der Waals surface area contributed by atoms with Gasteiger partial charge < -0.3 is 19.5 Å². The largest absolute Gasteiger partial charge is 0.469 e. The second-order valence-corrected chi connectivity index (χ2v) is 12.8. The molecule has 2 aromatic heterocycles. The molecule has 224 valence electrons. The summed E-state index contributed by atoms with van der Waals surface area (Å²) < 4.78 is 14.7. The van der Waals surface area contributed by atoms with Crippen LogP contribution in [-0.2, 0) is 36.6 Å². The molecule has 0 bridgehead atoms. The number of methoxy groups -OCH3 is 2. The van der Waals surface area contributed by atoms with Gasteiger partial charge in [-0.3, -0.25) is 14.5 Å². The van der Waals surface area contributed by atoms with Gasteiger partial charge in [0.2, 0.25) is 0 Å². The first kappa shape index (κ1) is 33.6. The van der Waals surface area contributed by atoms with Crippen molar-refractivity contribution in [2.45, 2.75) is 97.2 Å². The normalized spacial score (nSPS) is 18.4. The average molecular weight is 597 g/mol. The molecule has 0 aliphatic carbocycles. The van der Waals surface area contributed by atoms with Gasteiger partial charge in [-0.05, 0) is 65.8 Å². The van der Waals surface area contributed by atoms with E-state index in [2.05, 4.69) is 24.8 Å². The van der Waals surface area contributed by atoms with Crippen molar-refractivity contribution in [3.8, 4) is 0 Å². The van der Waals surface area contributed by atoms with Crippen LogP contribution in [-0.4, -0.2) is 65.8 Å². The van der Waals surface area contributed by atoms with Crippen LogP contribution in [0.5, 0.6) is 0 Å². The Labute approximate surface area is 245 Å². The third-order valence-corrected chi connectivity index (χ3v) is 8.60. The minimum Gasteiger partial charge on any atom is -0.469 e. The third-order valence-electron chi connectivity index (χ3n) is 6.27. The lowest BCUT2D eigenvalue weighted by molar-refractivity contribution is -0.141. The highest BCUT2D eigenvalue weighted by molar-refractivity contribution is 7.12. The number of amides is 1. The molecular formula is C28H44N4O6S2. The first-order chi connectivity index (χ1) is 18.6. The van der Waals surface area contributed by atoms with E-state index in [4.69, 9.17) is 4.74 Å². The van der Waals surface area contributed by atoms with Gasteiger partial charge in [0, 0.05) is 28.7 Å². The predicted molar refractivity (Wildman–Crippen MR) is 157 cm³/mol. The molecule has 0 spiro atoms. The summed E-state index contributed by atoms with van der Waals surface area (Å²) in [7, 11) is 2.81. The molecular weight excluding hydrogens is 552 g/mol. The van der Waals surface area contributed by atoms with E-state index < -0.39 is 5.60 Å². The van der Waals surface area contributed by atoms with Crippen LogP contribution in [0.4, 0.5) is 4.79 Å². The number of esters is 2.